The van der Waals surface area contributed by atoms with Crippen LogP contribution in [0.3, 0.4) is 0 Å². The number of hydrogen-bond donors (Lipinski definition) is 0. The molecule has 0 amide bonds. The largest absolute Gasteiger partial charge is 0.0619 e. The fourth-order valence-corrected chi connectivity index (χ4v) is 5.86. The minimum absolute atomic E-state index is 0.0283. The van der Waals surface area contributed by atoms with E-state index >= 15 is 0 Å². The van der Waals surface area contributed by atoms with Gasteiger partial charge in [0.1, 0.15) is 0 Å². The van der Waals surface area contributed by atoms with Crippen LogP contribution in [0, 0.1) is 0 Å². The summed E-state index contributed by atoms with van der Waals surface area (Å²) >= 11 is 0. The van der Waals surface area contributed by atoms with Crippen LogP contribution in [-0.2, 0) is 5.41 Å². The van der Waals surface area contributed by atoms with Gasteiger partial charge in [-0.3, -0.25) is 0 Å². The first-order valence-corrected chi connectivity index (χ1v) is 11.0. The van der Waals surface area contributed by atoms with Gasteiger partial charge in [0.25, 0.3) is 0 Å². The molecule has 5 aromatic carbocycles. The van der Waals surface area contributed by atoms with Crippen molar-refractivity contribution >= 4 is 10.8 Å². The summed E-state index contributed by atoms with van der Waals surface area (Å²) in [6.07, 6.45) is 0. The van der Waals surface area contributed by atoms with Gasteiger partial charge in [-0.25, -0.2) is 0 Å². The van der Waals surface area contributed by atoms with E-state index in [4.69, 9.17) is 0 Å². The van der Waals surface area contributed by atoms with Crippen molar-refractivity contribution in [1.82, 2.24) is 0 Å². The van der Waals surface area contributed by atoms with Gasteiger partial charge in [-0.05, 0) is 78.5 Å². The van der Waals surface area contributed by atoms with Crippen molar-refractivity contribution in [3.63, 3.8) is 0 Å². The molecule has 0 saturated carbocycles. The Balaban J connectivity index is 1.41. The number of fused-ring (bicyclic) bond motifs is 6. The Morgan fingerprint density at radius 3 is 1.87 bits per heavy atom. The van der Waals surface area contributed by atoms with Crippen molar-refractivity contribution in [3.05, 3.63) is 108 Å². The van der Waals surface area contributed by atoms with Crippen LogP contribution in [0.15, 0.2) is 97.1 Å². The predicted octanol–water partition coefficient (Wildman–Crippen LogP) is 8.46. The van der Waals surface area contributed by atoms with Gasteiger partial charge in [0.15, 0.2) is 0 Å². The van der Waals surface area contributed by atoms with Gasteiger partial charge in [-0.1, -0.05) is 98.8 Å². The molecular formula is C31H22. The molecule has 0 atom stereocenters. The summed E-state index contributed by atoms with van der Waals surface area (Å²) in [7, 11) is 0. The van der Waals surface area contributed by atoms with Crippen molar-refractivity contribution in [2.75, 3.05) is 0 Å². The first-order valence-electron chi connectivity index (χ1n) is 11.0. The molecule has 0 N–H and O–H groups in total. The lowest BCUT2D eigenvalue weighted by atomic mass is 9.81. The van der Waals surface area contributed by atoms with Gasteiger partial charge >= 0.3 is 0 Å². The zero-order valence-electron chi connectivity index (χ0n) is 17.7. The maximum absolute atomic E-state index is 2.42. The second-order valence-corrected chi connectivity index (χ2v) is 9.40. The molecule has 5 aromatic rings. The molecule has 0 aromatic heterocycles. The van der Waals surface area contributed by atoms with Crippen LogP contribution in [0.1, 0.15) is 25.0 Å². The van der Waals surface area contributed by atoms with Gasteiger partial charge in [-0.2, -0.15) is 0 Å². The topological polar surface area (TPSA) is 0 Å². The highest BCUT2D eigenvalue weighted by molar-refractivity contribution is 6.15. The van der Waals surface area contributed by atoms with E-state index < -0.39 is 0 Å². The summed E-state index contributed by atoms with van der Waals surface area (Å²) in [5.41, 5.74) is 13.7. The van der Waals surface area contributed by atoms with Crippen molar-refractivity contribution in [1.29, 1.82) is 0 Å². The van der Waals surface area contributed by atoms with E-state index in [1.54, 1.807) is 0 Å². The maximum atomic E-state index is 2.42. The summed E-state index contributed by atoms with van der Waals surface area (Å²) in [6.45, 7) is 4.70. The van der Waals surface area contributed by atoms with Gasteiger partial charge in [0, 0.05) is 5.41 Å². The summed E-state index contributed by atoms with van der Waals surface area (Å²) in [6, 6.07) is 36.2. The molecular weight excluding hydrogens is 372 g/mol. The van der Waals surface area contributed by atoms with Crippen LogP contribution >= 0.6 is 0 Å². The van der Waals surface area contributed by atoms with E-state index in [1.165, 1.54) is 66.4 Å². The third-order valence-corrected chi connectivity index (χ3v) is 7.42. The Morgan fingerprint density at radius 2 is 1.06 bits per heavy atom. The van der Waals surface area contributed by atoms with Gasteiger partial charge in [-0.15, -0.1) is 0 Å². The van der Waals surface area contributed by atoms with Gasteiger partial charge in [0.05, 0.1) is 0 Å². The molecule has 31 heavy (non-hydrogen) atoms. The zero-order valence-corrected chi connectivity index (χ0v) is 17.7. The molecule has 0 aliphatic heterocycles. The molecule has 146 valence electrons. The number of rotatable bonds is 1. The van der Waals surface area contributed by atoms with Crippen LogP contribution < -0.4 is 0 Å². The summed E-state index contributed by atoms with van der Waals surface area (Å²) in [4.78, 5) is 0. The van der Waals surface area contributed by atoms with E-state index in [0.717, 1.165) is 0 Å². The molecule has 2 aliphatic carbocycles. The fourth-order valence-electron chi connectivity index (χ4n) is 5.86. The average Bonchev–Trinajstić information content (AvgIpc) is 3.25. The highest BCUT2D eigenvalue weighted by atomic mass is 14.4. The molecule has 7 rings (SSSR count). The van der Waals surface area contributed by atoms with Crippen LogP contribution in [0.5, 0.6) is 0 Å². The Morgan fingerprint density at radius 1 is 0.452 bits per heavy atom. The van der Waals surface area contributed by atoms with E-state index in [2.05, 4.69) is 111 Å². The smallest absolute Gasteiger partial charge is 0.0159 e. The van der Waals surface area contributed by atoms with Crippen molar-refractivity contribution < 1.29 is 0 Å². The summed E-state index contributed by atoms with van der Waals surface area (Å²) in [5.74, 6) is 0. The highest BCUT2D eigenvalue weighted by Crippen LogP contribution is 2.51. The lowest BCUT2D eigenvalue weighted by Crippen LogP contribution is -2.14. The molecule has 0 heteroatoms. The SMILES string of the molecule is CC1(C)c2ccccc2-c2ccc(-c3ccc4c(c3)-c3cccc5cccc-4c35)cc21. The standard InChI is InChI=1S/C31H22/c1-31(2)28-12-4-3-9-23(28)24-16-14-21(18-29(24)31)20-13-15-22-25-10-5-7-19-8-6-11-26(30(19)25)27(22)17-20/h3-18H,1-2H3. The van der Waals surface area contributed by atoms with Gasteiger partial charge < -0.3 is 0 Å². The van der Waals surface area contributed by atoms with Crippen LogP contribution in [0.25, 0.3) is 55.3 Å². The molecule has 0 spiro atoms. The molecule has 2 aliphatic rings. The van der Waals surface area contributed by atoms with Crippen molar-refractivity contribution in [2.45, 2.75) is 19.3 Å². The van der Waals surface area contributed by atoms with E-state index in [0.29, 0.717) is 0 Å². The fraction of sp³-hybridized carbons (Fsp3) is 0.0968. The first-order chi connectivity index (χ1) is 15.1. The number of hydrogen-bond acceptors (Lipinski definition) is 0. The minimum Gasteiger partial charge on any atom is -0.0619 e. The summed E-state index contributed by atoms with van der Waals surface area (Å²) in [5, 5.41) is 2.72. The lowest BCUT2D eigenvalue weighted by molar-refractivity contribution is 0.660. The van der Waals surface area contributed by atoms with Gasteiger partial charge in [0.2, 0.25) is 0 Å². The molecule has 0 nitrogen and oxygen atoms in total. The Kier molecular flexibility index (Phi) is 3.16. The van der Waals surface area contributed by atoms with E-state index in [-0.39, 0.29) is 5.41 Å². The average molecular weight is 395 g/mol. The maximum Gasteiger partial charge on any atom is 0.0159 e. The molecule has 0 fully saturated rings. The zero-order chi connectivity index (χ0) is 20.7. The Labute approximate surface area is 182 Å². The first kappa shape index (κ1) is 17.1. The van der Waals surface area contributed by atoms with E-state index in [9.17, 15) is 0 Å². The van der Waals surface area contributed by atoms with Crippen molar-refractivity contribution in [3.8, 4) is 44.5 Å². The lowest BCUT2D eigenvalue weighted by Gasteiger charge is -2.22. The Hall–Kier alpha value is -3.64. The number of benzene rings is 5. The molecule has 0 bridgehead atoms. The second kappa shape index (κ2) is 5.74. The monoisotopic (exact) mass is 394 g/mol. The molecule has 0 saturated heterocycles. The van der Waals surface area contributed by atoms with Crippen LogP contribution in [-0.4, -0.2) is 0 Å². The third kappa shape index (κ3) is 2.15. The third-order valence-electron chi connectivity index (χ3n) is 7.42. The molecule has 0 radical (unpaired) electrons. The minimum atomic E-state index is 0.0283. The van der Waals surface area contributed by atoms with Crippen molar-refractivity contribution in [2.24, 2.45) is 0 Å². The summed E-state index contributed by atoms with van der Waals surface area (Å²) < 4.78 is 0. The van der Waals surface area contributed by atoms with Crippen LogP contribution in [0.2, 0.25) is 0 Å². The Bertz CT molecular complexity index is 1540. The molecule has 0 heterocycles. The normalized spacial score (nSPS) is 14.4. The van der Waals surface area contributed by atoms with E-state index in [1.807, 2.05) is 0 Å². The predicted molar refractivity (Wildman–Crippen MR) is 131 cm³/mol. The van der Waals surface area contributed by atoms with Crippen LogP contribution in [0.4, 0.5) is 0 Å². The quantitative estimate of drug-likeness (QED) is 0.262. The second-order valence-electron chi connectivity index (χ2n) is 9.40. The molecule has 0 unspecified atom stereocenters. The highest BCUT2D eigenvalue weighted by Gasteiger charge is 2.35.